The lowest BCUT2D eigenvalue weighted by molar-refractivity contribution is 0.609. The molecule has 3 N–H and O–H groups in total. The van der Waals surface area contributed by atoms with E-state index in [1.165, 1.54) is 29.7 Å². The minimum absolute atomic E-state index is 0.403. The Kier molecular flexibility index (Phi) is 3.04. The standard InChI is InChI=1S/C17H17N3S/c18-14-4-5-16(11-6-8-19-10-13(11)14)20-15-2-1-3-17-12(15)7-9-21-17/h4-10,15,20H,1-3,18H2. The van der Waals surface area contributed by atoms with Crippen molar-refractivity contribution >= 4 is 33.5 Å². The average molecular weight is 295 g/mol. The van der Waals surface area contributed by atoms with Gasteiger partial charge in [0.25, 0.3) is 0 Å². The summed E-state index contributed by atoms with van der Waals surface area (Å²) in [4.78, 5) is 5.71. The summed E-state index contributed by atoms with van der Waals surface area (Å²) in [6, 6.07) is 8.74. The van der Waals surface area contributed by atoms with E-state index in [4.69, 9.17) is 5.73 Å². The maximum absolute atomic E-state index is 6.05. The van der Waals surface area contributed by atoms with E-state index < -0.39 is 0 Å². The van der Waals surface area contributed by atoms with Gasteiger partial charge < -0.3 is 11.1 Å². The Labute approximate surface area is 127 Å². The van der Waals surface area contributed by atoms with E-state index in [1.54, 1.807) is 0 Å². The van der Waals surface area contributed by atoms with E-state index in [9.17, 15) is 0 Å². The number of rotatable bonds is 2. The van der Waals surface area contributed by atoms with E-state index in [2.05, 4.69) is 27.8 Å². The number of hydrogen-bond acceptors (Lipinski definition) is 4. The second-order valence-electron chi connectivity index (χ2n) is 5.51. The highest BCUT2D eigenvalue weighted by Gasteiger charge is 2.21. The van der Waals surface area contributed by atoms with Gasteiger partial charge in [0.1, 0.15) is 0 Å². The first-order valence-electron chi connectivity index (χ1n) is 7.28. The predicted octanol–water partition coefficient (Wildman–Crippen LogP) is 4.37. The Balaban J connectivity index is 1.75. The van der Waals surface area contributed by atoms with Crippen molar-refractivity contribution in [3.05, 3.63) is 52.5 Å². The lowest BCUT2D eigenvalue weighted by Crippen LogP contribution is -2.15. The van der Waals surface area contributed by atoms with Crippen molar-refractivity contribution < 1.29 is 0 Å². The molecule has 3 nitrogen and oxygen atoms in total. The molecule has 1 aromatic carbocycles. The summed E-state index contributed by atoms with van der Waals surface area (Å²) in [6.07, 6.45) is 7.31. The molecule has 0 saturated heterocycles. The van der Waals surface area contributed by atoms with E-state index in [0.717, 1.165) is 22.1 Å². The number of nitrogens with one attached hydrogen (secondary N) is 1. The van der Waals surface area contributed by atoms with Crippen LogP contribution in [0.3, 0.4) is 0 Å². The molecule has 0 amide bonds. The fourth-order valence-electron chi connectivity index (χ4n) is 3.16. The first-order valence-corrected chi connectivity index (χ1v) is 8.16. The van der Waals surface area contributed by atoms with Gasteiger partial charge in [-0.2, -0.15) is 0 Å². The number of aromatic nitrogens is 1. The molecule has 3 aromatic rings. The lowest BCUT2D eigenvalue weighted by atomic mass is 9.93. The van der Waals surface area contributed by atoms with Crippen molar-refractivity contribution in [2.24, 2.45) is 0 Å². The third kappa shape index (κ3) is 2.16. The third-order valence-electron chi connectivity index (χ3n) is 4.23. The number of hydrogen-bond donors (Lipinski definition) is 2. The number of pyridine rings is 1. The van der Waals surface area contributed by atoms with Gasteiger partial charge in [0.05, 0.1) is 6.04 Å². The van der Waals surface area contributed by atoms with Crippen LogP contribution in [0.25, 0.3) is 10.8 Å². The van der Waals surface area contributed by atoms with E-state index in [1.807, 2.05) is 35.9 Å². The summed E-state index contributed by atoms with van der Waals surface area (Å²) in [5, 5.41) is 8.08. The SMILES string of the molecule is Nc1ccc(NC2CCCc3sccc32)c2ccncc12. The number of thiophene rings is 1. The summed E-state index contributed by atoms with van der Waals surface area (Å²) in [7, 11) is 0. The molecule has 1 aliphatic rings. The molecule has 0 spiro atoms. The molecule has 2 heterocycles. The van der Waals surface area contributed by atoms with Crippen LogP contribution >= 0.6 is 11.3 Å². The summed E-state index contributed by atoms with van der Waals surface area (Å²) >= 11 is 1.88. The van der Waals surface area contributed by atoms with Gasteiger partial charge in [-0.15, -0.1) is 11.3 Å². The number of fused-ring (bicyclic) bond motifs is 2. The number of anilines is 2. The van der Waals surface area contributed by atoms with Crippen LogP contribution in [0.15, 0.2) is 42.0 Å². The molecule has 2 aromatic heterocycles. The van der Waals surface area contributed by atoms with E-state index >= 15 is 0 Å². The van der Waals surface area contributed by atoms with E-state index in [-0.39, 0.29) is 0 Å². The fourth-order valence-corrected chi connectivity index (χ4v) is 4.15. The topological polar surface area (TPSA) is 50.9 Å². The maximum atomic E-state index is 6.05. The van der Waals surface area contributed by atoms with Crippen LogP contribution in [-0.2, 0) is 6.42 Å². The number of nitrogens with two attached hydrogens (primary N) is 1. The van der Waals surface area contributed by atoms with Gasteiger partial charge in [-0.25, -0.2) is 0 Å². The zero-order chi connectivity index (χ0) is 14.2. The molecule has 0 radical (unpaired) electrons. The van der Waals surface area contributed by atoms with Crippen molar-refractivity contribution in [3.8, 4) is 0 Å². The average Bonchev–Trinajstić information content (AvgIpc) is 3.00. The second kappa shape index (κ2) is 5.04. The zero-order valence-corrected chi connectivity index (χ0v) is 12.5. The predicted molar refractivity (Wildman–Crippen MR) is 89.8 cm³/mol. The van der Waals surface area contributed by atoms with Crippen molar-refractivity contribution in [3.63, 3.8) is 0 Å². The number of nitrogens with zero attached hydrogens (tertiary/aromatic N) is 1. The Morgan fingerprint density at radius 1 is 1.19 bits per heavy atom. The molecule has 21 heavy (non-hydrogen) atoms. The molecule has 106 valence electrons. The molecule has 1 unspecified atom stereocenters. The zero-order valence-electron chi connectivity index (χ0n) is 11.7. The number of nitrogen functional groups attached to an aromatic ring is 1. The molecule has 1 atom stereocenters. The van der Waals surface area contributed by atoms with Gasteiger partial charge in [0.15, 0.2) is 0 Å². The summed E-state index contributed by atoms with van der Waals surface area (Å²) in [5.41, 5.74) is 9.44. The molecule has 4 rings (SSSR count). The van der Waals surface area contributed by atoms with Crippen LogP contribution in [0.5, 0.6) is 0 Å². The number of aryl methyl sites for hydroxylation is 1. The first-order chi connectivity index (χ1) is 10.3. The largest absolute Gasteiger partial charge is 0.398 e. The molecule has 0 saturated carbocycles. The Morgan fingerprint density at radius 3 is 3.10 bits per heavy atom. The molecule has 0 bridgehead atoms. The summed E-state index contributed by atoms with van der Waals surface area (Å²) in [6.45, 7) is 0. The Morgan fingerprint density at radius 2 is 2.14 bits per heavy atom. The maximum Gasteiger partial charge on any atom is 0.0525 e. The van der Waals surface area contributed by atoms with Crippen molar-refractivity contribution in [2.75, 3.05) is 11.1 Å². The van der Waals surface area contributed by atoms with Crippen molar-refractivity contribution in [1.82, 2.24) is 4.98 Å². The minimum atomic E-state index is 0.403. The molecular formula is C17H17N3S. The van der Waals surface area contributed by atoms with Crippen LogP contribution in [0, 0.1) is 0 Å². The van der Waals surface area contributed by atoms with Crippen molar-refractivity contribution in [2.45, 2.75) is 25.3 Å². The highest BCUT2D eigenvalue weighted by molar-refractivity contribution is 7.10. The molecular weight excluding hydrogens is 278 g/mol. The van der Waals surface area contributed by atoms with Gasteiger partial charge in [0, 0.05) is 39.4 Å². The van der Waals surface area contributed by atoms with Crippen LogP contribution in [-0.4, -0.2) is 4.98 Å². The Bertz CT molecular complexity index is 794. The third-order valence-corrected chi connectivity index (χ3v) is 5.23. The van der Waals surface area contributed by atoms with Gasteiger partial charge in [-0.3, -0.25) is 4.98 Å². The fraction of sp³-hybridized carbons (Fsp3) is 0.235. The number of benzene rings is 1. The summed E-state index contributed by atoms with van der Waals surface area (Å²) in [5.74, 6) is 0. The quantitative estimate of drug-likeness (QED) is 0.690. The molecule has 0 fully saturated rings. The van der Waals surface area contributed by atoms with Gasteiger partial charge in [-0.1, -0.05) is 0 Å². The second-order valence-corrected chi connectivity index (χ2v) is 6.51. The molecule has 4 heteroatoms. The van der Waals surface area contributed by atoms with Crippen LogP contribution in [0.4, 0.5) is 11.4 Å². The highest BCUT2D eigenvalue weighted by atomic mass is 32.1. The van der Waals surface area contributed by atoms with Gasteiger partial charge in [-0.05, 0) is 54.5 Å². The Hall–Kier alpha value is -2.07. The molecule has 1 aliphatic carbocycles. The monoisotopic (exact) mass is 295 g/mol. The van der Waals surface area contributed by atoms with E-state index in [0.29, 0.717) is 6.04 Å². The highest BCUT2D eigenvalue weighted by Crippen LogP contribution is 2.37. The van der Waals surface area contributed by atoms with Crippen molar-refractivity contribution in [1.29, 1.82) is 0 Å². The van der Waals surface area contributed by atoms with Gasteiger partial charge in [0.2, 0.25) is 0 Å². The van der Waals surface area contributed by atoms with Crippen LogP contribution in [0.1, 0.15) is 29.3 Å². The normalized spacial score (nSPS) is 17.6. The first kappa shape index (κ1) is 12.7. The smallest absolute Gasteiger partial charge is 0.0525 e. The lowest BCUT2D eigenvalue weighted by Gasteiger charge is -2.25. The van der Waals surface area contributed by atoms with Crippen LogP contribution in [0.2, 0.25) is 0 Å². The van der Waals surface area contributed by atoms with Crippen LogP contribution < -0.4 is 11.1 Å². The minimum Gasteiger partial charge on any atom is -0.398 e. The molecule has 0 aliphatic heterocycles. The van der Waals surface area contributed by atoms with Gasteiger partial charge >= 0.3 is 0 Å². The summed E-state index contributed by atoms with van der Waals surface area (Å²) < 4.78 is 0.